The highest BCUT2D eigenvalue weighted by molar-refractivity contribution is 8.00. The predicted octanol–water partition coefficient (Wildman–Crippen LogP) is 4.06. The smallest absolute Gasteiger partial charge is 0.308 e. The molecule has 40 heavy (non-hydrogen) atoms. The first-order valence-corrected chi connectivity index (χ1v) is 14.1. The van der Waals surface area contributed by atoms with E-state index in [-0.39, 0.29) is 29.0 Å². The lowest BCUT2D eigenvalue weighted by Crippen LogP contribution is -2.33. The number of benzene rings is 3. The standard InChI is InChI=1S/C29H23N3O6S2/c1-38-20-13-7-16(8-14-20)22-23-24(27(36)32(26(23)35)18-5-3-2-4-6-18)39-28-25(22)40-29(37)31(28)15-21(34)30-17-9-11-19(33)12-10-17/h2-14,22-24,33H,15H2,1H3,(H,30,34)/t22-,23?,24?/m1/s1. The van der Waals surface area contributed by atoms with Crippen LogP contribution in [0.15, 0.2) is 88.7 Å². The van der Waals surface area contributed by atoms with Gasteiger partial charge in [-0.25, -0.2) is 4.90 Å². The molecule has 3 aromatic carbocycles. The number of fused-ring (bicyclic) bond motifs is 2. The largest absolute Gasteiger partial charge is 0.508 e. The van der Waals surface area contributed by atoms with Crippen LogP contribution in [0.3, 0.4) is 0 Å². The van der Waals surface area contributed by atoms with Crippen LogP contribution in [0.25, 0.3) is 0 Å². The topological polar surface area (TPSA) is 118 Å². The Hall–Kier alpha value is -4.35. The van der Waals surface area contributed by atoms with Gasteiger partial charge in [-0.3, -0.25) is 23.7 Å². The molecule has 0 saturated carbocycles. The van der Waals surface area contributed by atoms with E-state index in [1.165, 1.54) is 33.4 Å². The summed E-state index contributed by atoms with van der Waals surface area (Å²) in [5, 5.41) is 12.0. The Balaban J connectivity index is 1.41. The van der Waals surface area contributed by atoms with Crippen molar-refractivity contribution in [1.29, 1.82) is 0 Å². The van der Waals surface area contributed by atoms with Crippen LogP contribution in [-0.4, -0.2) is 39.8 Å². The fourth-order valence-electron chi connectivity index (χ4n) is 5.15. The monoisotopic (exact) mass is 573 g/mol. The number of hydrogen-bond donors (Lipinski definition) is 2. The van der Waals surface area contributed by atoms with Crippen molar-refractivity contribution in [3.05, 3.63) is 99.0 Å². The number of thioether (sulfide) groups is 1. The summed E-state index contributed by atoms with van der Waals surface area (Å²) in [5.74, 6) is -1.69. The van der Waals surface area contributed by atoms with Crippen molar-refractivity contribution in [3.63, 3.8) is 0 Å². The predicted molar refractivity (Wildman–Crippen MR) is 152 cm³/mol. The minimum absolute atomic E-state index is 0.0666. The Morgan fingerprint density at radius 3 is 2.33 bits per heavy atom. The van der Waals surface area contributed by atoms with Gasteiger partial charge < -0.3 is 15.2 Å². The molecule has 0 bridgehead atoms. The number of hydrogen-bond acceptors (Lipinski definition) is 8. The van der Waals surface area contributed by atoms with Crippen LogP contribution in [0.1, 0.15) is 16.4 Å². The maximum absolute atomic E-state index is 13.9. The van der Waals surface area contributed by atoms with Gasteiger partial charge >= 0.3 is 4.87 Å². The molecule has 2 N–H and O–H groups in total. The van der Waals surface area contributed by atoms with Gasteiger partial charge in [0.05, 0.1) is 23.7 Å². The quantitative estimate of drug-likeness (QED) is 0.264. The molecule has 3 amide bonds. The van der Waals surface area contributed by atoms with Gasteiger partial charge in [0.25, 0.3) is 0 Å². The summed E-state index contributed by atoms with van der Waals surface area (Å²) < 4.78 is 6.68. The summed E-state index contributed by atoms with van der Waals surface area (Å²) in [5.41, 5.74) is 1.74. The third-order valence-corrected chi connectivity index (χ3v) is 9.60. The minimum atomic E-state index is -0.771. The lowest BCUT2D eigenvalue weighted by atomic mass is 9.83. The number of thiazole rings is 1. The van der Waals surface area contributed by atoms with Gasteiger partial charge in [-0.1, -0.05) is 53.4 Å². The number of aromatic hydroxyl groups is 1. The molecule has 6 rings (SSSR count). The third-order valence-electron chi connectivity index (χ3n) is 6.99. The molecule has 2 unspecified atom stereocenters. The van der Waals surface area contributed by atoms with Gasteiger partial charge in [-0.2, -0.15) is 0 Å². The molecule has 2 aliphatic rings. The average Bonchev–Trinajstić information content (AvgIpc) is 3.41. The van der Waals surface area contributed by atoms with E-state index in [2.05, 4.69) is 5.32 Å². The number of ether oxygens (including phenoxy) is 1. The molecule has 9 nitrogen and oxygen atoms in total. The zero-order valence-corrected chi connectivity index (χ0v) is 22.8. The van der Waals surface area contributed by atoms with Crippen LogP contribution in [0.2, 0.25) is 0 Å². The highest BCUT2D eigenvalue weighted by Crippen LogP contribution is 2.54. The lowest BCUT2D eigenvalue weighted by molar-refractivity contribution is -0.122. The number of nitrogens with one attached hydrogen (secondary N) is 1. The molecule has 3 atom stereocenters. The number of carbonyl (C=O) groups excluding carboxylic acids is 3. The summed E-state index contributed by atoms with van der Waals surface area (Å²) >= 11 is 2.15. The second-order valence-corrected chi connectivity index (χ2v) is 11.5. The van der Waals surface area contributed by atoms with Gasteiger partial charge in [0.1, 0.15) is 23.3 Å². The van der Waals surface area contributed by atoms with E-state index >= 15 is 0 Å². The minimum Gasteiger partial charge on any atom is -0.508 e. The summed E-state index contributed by atoms with van der Waals surface area (Å²) in [6.45, 7) is -0.268. The number of amides is 3. The molecule has 0 radical (unpaired) electrons. The summed E-state index contributed by atoms with van der Waals surface area (Å²) in [4.78, 5) is 55.3. The molecule has 1 fully saturated rings. The van der Waals surface area contributed by atoms with Crippen molar-refractivity contribution in [2.75, 3.05) is 17.3 Å². The van der Waals surface area contributed by atoms with Crippen molar-refractivity contribution in [2.45, 2.75) is 22.7 Å². The Kier molecular flexibility index (Phi) is 6.68. The molecule has 3 heterocycles. The van der Waals surface area contributed by atoms with Gasteiger partial charge in [-0.05, 0) is 54.1 Å². The number of phenolic OH excluding ortho intramolecular Hbond substituents is 1. The molecule has 4 aromatic rings. The number of phenols is 1. The van der Waals surface area contributed by atoms with E-state index in [0.29, 0.717) is 27.0 Å². The number of para-hydroxylation sites is 1. The normalized spacial score (nSPS) is 19.7. The molecule has 1 saturated heterocycles. The number of nitrogens with zero attached hydrogens (tertiary/aromatic N) is 2. The van der Waals surface area contributed by atoms with Crippen LogP contribution in [-0.2, 0) is 20.9 Å². The van der Waals surface area contributed by atoms with Crippen LogP contribution in [0.5, 0.6) is 11.5 Å². The summed E-state index contributed by atoms with van der Waals surface area (Å²) in [6.07, 6.45) is 0. The highest BCUT2D eigenvalue weighted by atomic mass is 32.2. The molecule has 2 aliphatic heterocycles. The fraction of sp³-hybridized carbons (Fsp3) is 0.172. The zero-order chi connectivity index (χ0) is 28.0. The van der Waals surface area contributed by atoms with Crippen molar-refractivity contribution < 1.29 is 24.2 Å². The second kappa shape index (κ2) is 10.3. The van der Waals surface area contributed by atoms with Gasteiger partial charge in [-0.15, -0.1) is 0 Å². The van der Waals surface area contributed by atoms with Gasteiger partial charge in [0.2, 0.25) is 17.7 Å². The van der Waals surface area contributed by atoms with Crippen LogP contribution in [0, 0.1) is 5.92 Å². The first-order chi connectivity index (χ1) is 19.4. The van der Waals surface area contributed by atoms with Crippen molar-refractivity contribution in [3.8, 4) is 11.5 Å². The first kappa shape index (κ1) is 25.9. The Bertz CT molecular complexity index is 1660. The number of rotatable bonds is 6. The number of imide groups is 1. The molecule has 0 aliphatic carbocycles. The zero-order valence-electron chi connectivity index (χ0n) is 21.1. The first-order valence-electron chi connectivity index (χ1n) is 12.4. The SMILES string of the molecule is COc1ccc([C@H]2c3sc(=O)n(CC(=O)Nc4ccc(O)cc4)c3SC3C(=O)N(c4ccccc4)C(=O)C32)cc1. The lowest BCUT2D eigenvalue weighted by Gasteiger charge is -2.30. The van der Waals surface area contributed by atoms with E-state index in [9.17, 15) is 24.3 Å². The molecular weight excluding hydrogens is 550 g/mol. The number of anilines is 2. The van der Waals surface area contributed by atoms with E-state index in [0.717, 1.165) is 16.9 Å². The molecule has 11 heteroatoms. The van der Waals surface area contributed by atoms with E-state index < -0.39 is 23.0 Å². The van der Waals surface area contributed by atoms with Crippen LogP contribution < -0.4 is 19.8 Å². The number of aromatic nitrogens is 1. The van der Waals surface area contributed by atoms with Gasteiger partial charge in [0, 0.05) is 16.5 Å². The van der Waals surface area contributed by atoms with Crippen LogP contribution >= 0.6 is 23.1 Å². The summed E-state index contributed by atoms with van der Waals surface area (Å²) in [6, 6.07) is 22.1. The Morgan fingerprint density at radius 1 is 0.950 bits per heavy atom. The van der Waals surface area contributed by atoms with E-state index in [1.54, 1.807) is 55.6 Å². The van der Waals surface area contributed by atoms with Crippen LogP contribution in [0.4, 0.5) is 11.4 Å². The Labute approximate surface area is 237 Å². The molecule has 0 spiro atoms. The highest BCUT2D eigenvalue weighted by Gasteiger charge is 2.56. The van der Waals surface area contributed by atoms with E-state index in [4.69, 9.17) is 4.74 Å². The van der Waals surface area contributed by atoms with E-state index in [1.807, 2.05) is 18.2 Å². The Morgan fingerprint density at radius 2 is 1.65 bits per heavy atom. The fourth-order valence-corrected chi connectivity index (χ4v) is 7.92. The second-order valence-electron chi connectivity index (χ2n) is 9.38. The van der Waals surface area contributed by atoms with Crippen molar-refractivity contribution in [1.82, 2.24) is 4.57 Å². The average molecular weight is 574 g/mol. The number of methoxy groups -OCH3 is 1. The maximum Gasteiger partial charge on any atom is 0.308 e. The third kappa shape index (κ3) is 4.46. The van der Waals surface area contributed by atoms with Crippen molar-refractivity contribution in [2.24, 2.45) is 5.92 Å². The molecule has 1 aromatic heterocycles. The maximum atomic E-state index is 13.9. The number of carbonyl (C=O) groups is 3. The molecule has 202 valence electrons. The molecular formula is C29H23N3O6S2. The summed E-state index contributed by atoms with van der Waals surface area (Å²) in [7, 11) is 1.56. The van der Waals surface area contributed by atoms with Gasteiger partial charge in [0.15, 0.2) is 0 Å². The van der Waals surface area contributed by atoms with Crippen molar-refractivity contribution >= 4 is 52.2 Å².